The molecule has 0 aromatic heterocycles. The molecule has 0 spiro atoms. The van der Waals surface area contributed by atoms with E-state index in [4.69, 9.17) is 14.7 Å². The summed E-state index contributed by atoms with van der Waals surface area (Å²) in [6, 6.07) is 5.64. The van der Waals surface area contributed by atoms with Gasteiger partial charge in [-0.25, -0.2) is 0 Å². The van der Waals surface area contributed by atoms with E-state index in [1.165, 1.54) is 0 Å². The highest BCUT2D eigenvalue weighted by Gasteiger charge is 2.18. The second-order valence-electron chi connectivity index (χ2n) is 4.83. The number of carbonyl (C=O) groups excluding carboxylic acids is 1. The fraction of sp³-hybridized carbons (Fsp3) is 0.467. The molecule has 0 radical (unpaired) electrons. The van der Waals surface area contributed by atoms with Crippen LogP contribution in [0, 0.1) is 25.2 Å². The Kier molecular flexibility index (Phi) is 4.59. The van der Waals surface area contributed by atoms with Gasteiger partial charge in [0.1, 0.15) is 5.75 Å². The van der Waals surface area contributed by atoms with Gasteiger partial charge < -0.3 is 14.4 Å². The summed E-state index contributed by atoms with van der Waals surface area (Å²) < 4.78 is 10.9. The molecule has 1 amide bonds. The Morgan fingerprint density at radius 1 is 1.35 bits per heavy atom. The van der Waals surface area contributed by atoms with E-state index in [1.54, 1.807) is 17.0 Å². The normalized spacial score (nSPS) is 14.8. The number of amides is 1. The SMILES string of the molecule is Cc1cc(C#N)cc(C)c1OCC(=O)N1CCOCC1. The number of ether oxygens (including phenoxy) is 2. The molecule has 0 N–H and O–H groups in total. The zero-order chi connectivity index (χ0) is 14.5. The lowest BCUT2D eigenvalue weighted by molar-refractivity contribution is -0.137. The fourth-order valence-corrected chi connectivity index (χ4v) is 2.28. The summed E-state index contributed by atoms with van der Waals surface area (Å²) in [5.74, 6) is 0.655. The van der Waals surface area contributed by atoms with Gasteiger partial charge in [-0.3, -0.25) is 4.79 Å². The minimum atomic E-state index is -0.0311. The van der Waals surface area contributed by atoms with Crippen LogP contribution in [-0.2, 0) is 9.53 Å². The molecule has 1 aromatic carbocycles. The molecule has 1 saturated heterocycles. The van der Waals surface area contributed by atoms with Crippen molar-refractivity contribution in [1.82, 2.24) is 4.90 Å². The van der Waals surface area contributed by atoms with E-state index in [1.807, 2.05) is 13.8 Å². The lowest BCUT2D eigenvalue weighted by Gasteiger charge is -2.27. The average molecular weight is 274 g/mol. The third-order valence-corrected chi connectivity index (χ3v) is 3.29. The second kappa shape index (κ2) is 6.40. The minimum Gasteiger partial charge on any atom is -0.483 e. The smallest absolute Gasteiger partial charge is 0.260 e. The Hall–Kier alpha value is -2.06. The van der Waals surface area contributed by atoms with E-state index >= 15 is 0 Å². The molecule has 1 heterocycles. The maximum atomic E-state index is 12.0. The highest BCUT2D eigenvalue weighted by atomic mass is 16.5. The number of morpholine rings is 1. The van der Waals surface area contributed by atoms with Gasteiger partial charge in [0.15, 0.2) is 6.61 Å². The second-order valence-corrected chi connectivity index (χ2v) is 4.83. The summed E-state index contributed by atoms with van der Waals surface area (Å²) in [6.07, 6.45) is 0. The molecule has 5 heteroatoms. The van der Waals surface area contributed by atoms with Gasteiger partial charge >= 0.3 is 0 Å². The molecule has 1 aliphatic rings. The Morgan fingerprint density at radius 3 is 2.50 bits per heavy atom. The standard InChI is InChI=1S/C15H18N2O3/c1-11-7-13(9-16)8-12(2)15(11)20-10-14(18)17-3-5-19-6-4-17/h7-8H,3-6,10H2,1-2H3. The Labute approximate surface area is 118 Å². The molecular weight excluding hydrogens is 256 g/mol. The summed E-state index contributed by atoms with van der Waals surface area (Å²) in [7, 11) is 0. The maximum Gasteiger partial charge on any atom is 0.260 e. The number of benzene rings is 1. The van der Waals surface area contributed by atoms with Crippen LogP contribution in [0.4, 0.5) is 0 Å². The van der Waals surface area contributed by atoms with Crippen molar-refractivity contribution >= 4 is 5.91 Å². The highest BCUT2D eigenvalue weighted by molar-refractivity contribution is 5.78. The number of hydrogen-bond acceptors (Lipinski definition) is 4. The van der Waals surface area contributed by atoms with Crippen molar-refractivity contribution in [1.29, 1.82) is 5.26 Å². The van der Waals surface area contributed by atoms with Crippen LogP contribution in [0.15, 0.2) is 12.1 Å². The van der Waals surface area contributed by atoms with E-state index in [2.05, 4.69) is 6.07 Å². The van der Waals surface area contributed by atoms with Crippen molar-refractivity contribution in [2.24, 2.45) is 0 Å². The molecular formula is C15H18N2O3. The van der Waals surface area contributed by atoms with Crippen molar-refractivity contribution in [3.63, 3.8) is 0 Å². The van der Waals surface area contributed by atoms with Crippen LogP contribution >= 0.6 is 0 Å². The molecule has 1 fully saturated rings. The third kappa shape index (κ3) is 3.28. The van der Waals surface area contributed by atoms with Gasteiger partial charge in [0.25, 0.3) is 5.91 Å². The van der Waals surface area contributed by atoms with Crippen molar-refractivity contribution in [3.8, 4) is 11.8 Å². The minimum absolute atomic E-state index is 0.0214. The number of nitrogens with zero attached hydrogens (tertiary/aromatic N) is 2. The van der Waals surface area contributed by atoms with Crippen molar-refractivity contribution in [2.45, 2.75) is 13.8 Å². The predicted octanol–water partition coefficient (Wildman–Crippen LogP) is 1.41. The lowest BCUT2D eigenvalue weighted by atomic mass is 10.1. The Balaban J connectivity index is 2.00. The molecule has 1 aromatic rings. The third-order valence-electron chi connectivity index (χ3n) is 3.29. The van der Waals surface area contributed by atoms with Crippen molar-refractivity contribution < 1.29 is 14.3 Å². The number of nitriles is 1. The van der Waals surface area contributed by atoms with Gasteiger partial charge in [-0.2, -0.15) is 5.26 Å². The number of rotatable bonds is 3. The molecule has 0 unspecified atom stereocenters. The summed E-state index contributed by atoms with van der Waals surface area (Å²) >= 11 is 0. The molecule has 0 aliphatic carbocycles. The van der Waals surface area contributed by atoms with E-state index in [0.29, 0.717) is 37.6 Å². The van der Waals surface area contributed by atoms with Gasteiger partial charge in [0.05, 0.1) is 24.8 Å². The first-order chi connectivity index (χ1) is 9.61. The summed E-state index contributed by atoms with van der Waals surface area (Å²) in [6.45, 7) is 6.18. The van der Waals surface area contributed by atoms with Crippen LogP contribution in [-0.4, -0.2) is 43.7 Å². The van der Waals surface area contributed by atoms with Gasteiger partial charge in [-0.15, -0.1) is 0 Å². The first kappa shape index (κ1) is 14.4. The van der Waals surface area contributed by atoms with Crippen molar-refractivity contribution in [3.05, 3.63) is 28.8 Å². The zero-order valence-corrected chi connectivity index (χ0v) is 11.8. The monoisotopic (exact) mass is 274 g/mol. The van der Waals surface area contributed by atoms with Crippen LogP contribution in [0.5, 0.6) is 5.75 Å². The maximum absolute atomic E-state index is 12.0. The highest BCUT2D eigenvalue weighted by Crippen LogP contribution is 2.24. The average Bonchev–Trinajstić information content (AvgIpc) is 2.46. The number of aryl methyl sites for hydroxylation is 2. The number of carbonyl (C=O) groups is 1. The van der Waals surface area contributed by atoms with Crippen LogP contribution in [0.25, 0.3) is 0 Å². The van der Waals surface area contributed by atoms with E-state index in [0.717, 1.165) is 11.1 Å². The van der Waals surface area contributed by atoms with Crippen LogP contribution in [0.3, 0.4) is 0 Å². The van der Waals surface area contributed by atoms with Gasteiger partial charge in [0, 0.05) is 13.1 Å². The quantitative estimate of drug-likeness (QED) is 0.836. The van der Waals surface area contributed by atoms with E-state index < -0.39 is 0 Å². The van der Waals surface area contributed by atoms with Crippen LogP contribution in [0.1, 0.15) is 16.7 Å². The Morgan fingerprint density at radius 2 is 1.95 bits per heavy atom. The van der Waals surface area contributed by atoms with E-state index in [9.17, 15) is 4.79 Å². The molecule has 1 aliphatic heterocycles. The van der Waals surface area contributed by atoms with Crippen LogP contribution in [0.2, 0.25) is 0 Å². The van der Waals surface area contributed by atoms with Gasteiger partial charge in [-0.05, 0) is 37.1 Å². The molecule has 106 valence electrons. The van der Waals surface area contributed by atoms with Gasteiger partial charge in [0.2, 0.25) is 0 Å². The fourth-order valence-electron chi connectivity index (χ4n) is 2.28. The lowest BCUT2D eigenvalue weighted by Crippen LogP contribution is -2.43. The molecule has 0 atom stereocenters. The molecule has 2 rings (SSSR count). The van der Waals surface area contributed by atoms with Crippen molar-refractivity contribution in [2.75, 3.05) is 32.9 Å². The zero-order valence-electron chi connectivity index (χ0n) is 11.8. The molecule has 20 heavy (non-hydrogen) atoms. The predicted molar refractivity (Wildman–Crippen MR) is 73.5 cm³/mol. The summed E-state index contributed by atoms with van der Waals surface area (Å²) in [5.41, 5.74) is 2.35. The van der Waals surface area contributed by atoms with E-state index in [-0.39, 0.29) is 12.5 Å². The molecule has 0 bridgehead atoms. The first-order valence-corrected chi connectivity index (χ1v) is 6.61. The topological polar surface area (TPSA) is 62.6 Å². The molecule has 0 saturated carbocycles. The molecule has 5 nitrogen and oxygen atoms in total. The van der Waals surface area contributed by atoms with Gasteiger partial charge in [-0.1, -0.05) is 0 Å². The summed E-state index contributed by atoms with van der Waals surface area (Å²) in [5, 5.41) is 8.90. The number of hydrogen-bond donors (Lipinski definition) is 0. The first-order valence-electron chi connectivity index (χ1n) is 6.61. The summed E-state index contributed by atoms with van der Waals surface area (Å²) in [4.78, 5) is 13.8. The Bertz CT molecular complexity index is 520. The largest absolute Gasteiger partial charge is 0.483 e. The van der Waals surface area contributed by atoms with Crippen LogP contribution < -0.4 is 4.74 Å².